The number of thioether (sulfide) groups is 1. The fourth-order valence-electron chi connectivity index (χ4n) is 2.39. The molecule has 0 aromatic rings. The molecule has 1 N–H and O–H groups in total. The maximum atomic E-state index is 10.6. The van der Waals surface area contributed by atoms with Crippen molar-refractivity contribution in [3.63, 3.8) is 0 Å². The molecule has 2 heterocycles. The minimum Gasteiger partial charge on any atom is -0.481 e. The van der Waals surface area contributed by atoms with Gasteiger partial charge in [-0.25, -0.2) is 0 Å². The average Bonchev–Trinajstić information content (AvgIpc) is 2.62. The van der Waals surface area contributed by atoms with Crippen molar-refractivity contribution in [1.82, 2.24) is 0 Å². The van der Waals surface area contributed by atoms with E-state index in [-0.39, 0.29) is 12.5 Å². The first-order valence-corrected chi connectivity index (χ1v) is 6.87. The van der Waals surface area contributed by atoms with Gasteiger partial charge in [0.2, 0.25) is 0 Å². The first-order chi connectivity index (χ1) is 7.60. The molecule has 0 radical (unpaired) electrons. The van der Waals surface area contributed by atoms with Gasteiger partial charge in [0.25, 0.3) is 0 Å². The Balaban J connectivity index is 1.91. The summed E-state index contributed by atoms with van der Waals surface area (Å²) < 4.78 is 11.5. The Morgan fingerprint density at radius 2 is 2.19 bits per heavy atom. The third kappa shape index (κ3) is 2.70. The lowest BCUT2D eigenvalue weighted by molar-refractivity contribution is -0.194. The third-order valence-electron chi connectivity index (χ3n) is 3.32. The van der Waals surface area contributed by atoms with E-state index in [0.29, 0.717) is 12.5 Å². The van der Waals surface area contributed by atoms with Crippen LogP contribution in [0.1, 0.15) is 26.2 Å². The van der Waals surface area contributed by atoms with E-state index in [1.54, 1.807) is 0 Å². The van der Waals surface area contributed by atoms with Crippen molar-refractivity contribution >= 4 is 17.7 Å². The zero-order valence-corrected chi connectivity index (χ0v) is 10.3. The summed E-state index contributed by atoms with van der Waals surface area (Å²) in [6.07, 6.45) is 1.95. The summed E-state index contributed by atoms with van der Waals surface area (Å²) in [5.74, 6) is 1.33. The van der Waals surface area contributed by atoms with Gasteiger partial charge in [0.15, 0.2) is 5.79 Å². The number of carbonyl (C=O) groups is 1. The maximum absolute atomic E-state index is 10.6. The fourth-order valence-corrected chi connectivity index (χ4v) is 3.50. The minimum absolute atomic E-state index is 0.0387. The van der Waals surface area contributed by atoms with Crippen LogP contribution in [0.15, 0.2) is 0 Å². The standard InChI is InChI=1S/C11H18O4S/c1-11(8-2-4-16-5-3-8)14-7-9(15-11)6-10(12)13/h8-9H,2-7H2,1H3,(H,12,13). The number of carboxylic acids is 1. The van der Waals surface area contributed by atoms with Crippen LogP contribution in [0, 0.1) is 5.92 Å². The second-order valence-corrected chi connectivity index (χ2v) is 5.78. The van der Waals surface area contributed by atoms with Crippen molar-refractivity contribution in [2.24, 2.45) is 5.92 Å². The summed E-state index contributed by atoms with van der Waals surface area (Å²) in [6, 6.07) is 0. The molecule has 0 aromatic carbocycles. The van der Waals surface area contributed by atoms with Crippen LogP contribution in [0.4, 0.5) is 0 Å². The molecule has 2 fully saturated rings. The highest BCUT2D eigenvalue weighted by molar-refractivity contribution is 7.99. The monoisotopic (exact) mass is 246 g/mol. The topological polar surface area (TPSA) is 55.8 Å². The highest BCUT2D eigenvalue weighted by atomic mass is 32.2. The van der Waals surface area contributed by atoms with Crippen molar-refractivity contribution in [3.05, 3.63) is 0 Å². The molecule has 0 bridgehead atoms. The predicted octanol–water partition coefficient (Wildman–Crippen LogP) is 1.74. The summed E-state index contributed by atoms with van der Waals surface area (Å²) >= 11 is 1.96. The molecular weight excluding hydrogens is 228 g/mol. The van der Waals surface area contributed by atoms with Crippen LogP contribution < -0.4 is 0 Å². The minimum atomic E-state index is -0.822. The maximum Gasteiger partial charge on any atom is 0.306 e. The van der Waals surface area contributed by atoms with Gasteiger partial charge in [0, 0.05) is 5.92 Å². The quantitative estimate of drug-likeness (QED) is 0.822. The SMILES string of the molecule is CC1(C2CCSCC2)OCC(CC(=O)O)O1. The Morgan fingerprint density at radius 1 is 1.50 bits per heavy atom. The first-order valence-electron chi connectivity index (χ1n) is 5.71. The molecule has 0 spiro atoms. The largest absolute Gasteiger partial charge is 0.481 e. The molecule has 92 valence electrons. The Hall–Kier alpha value is -0.260. The van der Waals surface area contributed by atoms with E-state index in [0.717, 1.165) is 24.3 Å². The van der Waals surface area contributed by atoms with E-state index in [1.807, 2.05) is 18.7 Å². The fraction of sp³-hybridized carbons (Fsp3) is 0.909. The van der Waals surface area contributed by atoms with E-state index in [9.17, 15) is 4.79 Å². The second-order valence-electron chi connectivity index (χ2n) is 4.55. The number of hydrogen-bond donors (Lipinski definition) is 1. The van der Waals surface area contributed by atoms with Crippen LogP contribution in [0.5, 0.6) is 0 Å². The van der Waals surface area contributed by atoms with Gasteiger partial charge < -0.3 is 14.6 Å². The highest BCUT2D eigenvalue weighted by Gasteiger charge is 2.44. The molecule has 0 aromatic heterocycles. The van der Waals surface area contributed by atoms with E-state index in [4.69, 9.17) is 14.6 Å². The molecule has 5 heteroatoms. The predicted molar refractivity (Wildman–Crippen MR) is 61.5 cm³/mol. The number of aliphatic carboxylic acids is 1. The summed E-state index contributed by atoms with van der Waals surface area (Å²) in [4.78, 5) is 10.6. The van der Waals surface area contributed by atoms with Crippen LogP contribution in [0.3, 0.4) is 0 Å². The van der Waals surface area contributed by atoms with Crippen molar-refractivity contribution in [2.45, 2.75) is 38.1 Å². The molecule has 2 unspecified atom stereocenters. The summed E-state index contributed by atoms with van der Waals surface area (Å²) in [5, 5.41) is 8.72. The van der Waals surface area contributed by atoms with Gasteiger partial charge in [-0.2, -0.15) is 11.8 Å². The van der Waals surface area contributed by atoms with Gasteiger partial charge >= 0.3 is 5.97 Å². The van der Waals surface area contributed by atoms with Gasteiger partial charge in [-0.1, -0.05) is 0 Å². The lowest BCUT2D eigenvalue weighted by Gasteiger charge is -2.35. The van der Waals surface area contributed by atoms with Gasteiger partial charge in [-0.3, -0.25) is 4.79 Å². The molecule has 2 aliphatic heterocycles. The summed E-state index contributed by atoms with van der Waals surface area (Å²) in [7, 11) is 0. The molecule has 0 aliphatic carbocycles. The van der Waals surface area contributed by atoms with E-state index >= 15 is 0 Å². The van der Waals surface area contributed by atoms with Crippen LogP contribution in [-0.4, -0.2) is 41.1 Å². The lowest BCUT2D eigenvalue weighted by atomic mass is 9.94. The first kappa shape index (κ1) is 12.2. The Bertz CT molecular complexity index is 265. The zero-order chi connectivity index (χ0) is 11.6. The Kier molecular flexibility index (Phi) is 3.77. The number of carboxylic acid groups (broad SMARTS) is 1. The van der Waals surface area contributed by atoms with Crippen molar-refractivity contribution in [2.75, 3.05) is 18.1 Å². The molecule has 2 rings (SSSR count). The molecule has 0 amide bonds. The smallest absolute Gasteiger partial charge is 0.306 e. The molecular formula is C11H18O4S. The number of ether oxygens (including phenoxy) is 2. The Morgan fingerprint density at radius 3 is 2.81 bits per heavy atom. The van der Waals surface area contributed by atoms with Crippen molar-refractivity contribution in [3.8, 4) is 0 Å². The average molecular weight is 246 g/mol. The van der Waals surface area contributed by atoms with Crippen LogP contribution >= 0.6 is 11.8 Å². The lowest BCUT2D eigenvalue weighted by Crippen LogP contribution is -2.38. The second kappa shape index (κ2) is 4.94. The molecule has 4 nitrogen and oxygen atoms in total. The molecule has 0 saturated carbocycles. The van der Waals surface area contributed by atoms with Gasteiger partial charge in [-0.05, 0) is 31.3 Å². The molecule has 16 heavy (non-hydrogen) atoms. The van der Waals surface area contributed by atoms with Crippen molar-refractivity contribution in [1.29, 1.82) is 0 Å². The van der Waals surface area contributed by atoms with Crippen LogP contribution in [0.2, 0.25) is 0 Å². The third-order valence-corrected chi connectivity index (χ3v) is 4.37. The molecule has 2 aliphatic rings. The number of rotatable bonds is 3. The van der Waals surface area contributed by atoms with Gasteiger partial charge in [-0.15, -0.1) is 0 Å². The van der Waals surface area contributed by atoms with Crippen molar-refractivity contribution < 1.29 is 19.4 Å². The van der Waals surface area contributed by atoms with Crippen LogP contribution in [0.25, 0.3) is 0 Å². The van der Waals surface area contributed by atoms with Gasteiger partial charge in [0.1, 0.15) is 0 Å². The highest BCUT2D eigenvalue weighted by Crippen LogP contribution is 2.39. The Labute approximate surface area is 99.7 Å². The van der Waals surface area contributed by atoms with E-state index in [2.05, 4.69) is 0 Å². The molecule has 2 saturated heterocycles. The van der Waals surface area contributed by atoms with E-state index < -0.39 is 11.8 Å². The normalized spacial score (nSPS) is 36.4. The summed E-state index contributed by atoms with van der Waals surface area (Å²) in [5.41, 5.74) is 0. The number of hydrogen-bond acceptors (Lipinski definition) is 4. The molecule has 2 atom stereocenters. The zero-order valence-electron chi connectivity index (χ0n) is 9.48. The van der Waals surface area contributed by atoms with E-state index in [1.165, 1.54) is 0 Å². The summed E-state index contributed by atoms with van der Waals surface area (Å²) in [6.45, 7) is 2.36. The van der Waals surface area contributed by atoms with Crippen LogP contribution in [-0.2, 0) is 14.3 Å². The van der Waals surface area contributed by atoms with Gasteiger partial charge in [0.05, 0.1) is 19.1 Å².